The van der Waals surface area contributed by atoms with Crippen LogP contribution in [0, 0.1) is 0 Å². The summed E-state index contributed by atoms with van der Waals surface area (Å²) in [5.74, 6) is 0. The third-order valence-corrected chi connectivity index (χ3v) is 5.72. The minimum absolute atomic E-state index is 0.229. The SMILES string of the molecule is COCCN1CCOCC1COC(C)(C)CC1COCC(COC(C)C)N1C. The molecule has 2 saturated heterocycles. The van der Waals surface area contributed by atoms with E-state index in [1.807, 2.05) is 0 Å². The molecule has 7 nitrogen and oxygen atoms in total. The average Bonchev–Trinajstić information content (AvgIpc) is 2.66. The van der Waals surface area contributed by atoms with E-state index in [9.17, 15) is 0 Å². The van der Waals surface area contributed by atoms with Gasteiger partial charge in [-0.3, -0.25) is 9.80 Å². The van der Waals surface area contributed by atoms with Crippen molar-refractivity contribution in [3.63, 3.8) is 0 Å². The summed E-state index contributed by atoms with van der Waals surface area (Å²) in [6, 6.07) is 0.917. The normalized spacial score (nSPS) is 28.2. The second-order valence-electron chi connectivity index (χ2n) is 8.92. The molecule has 3 unspecified atom stereocenters. The first-order chi connectivity index (χ1) is 13.3. The highest BCUT2D eigenvalue weighted by Crippen LogP contribution is 2.24. The van der Waals surface area contributed by atoms with Crippen molar-refractivity contribution in [3.05, 3.63) is 0 Å². The van der Waals surface area contributed by atoms with Crippen LogP contribution >= 0.6 is 0 Å². The third-order valence-electron chi connectivity index (χ3n) is 5.72. The van der Waals surface area contributed by atoms with Crippen LogP contribution in [0.4, 0.5) is 0 Å². The van der Waals surface area contributed by atoms with Gasteiger partial charge >= 0.3 is 0 Å². The van der Waals surface area contributed by atoms with Crippen molar-refractivity contribution >= 4 is 0 Å². The molecular weight excluding hydrogens is 360 g/mol. The first-order valence-electron chi connectivity index (χ1n) is 10.7. The minimum atomic E-state index is -0.229. The van der Waals surface area contributed by atoms with E-state index in [0.717, 1.165) is 52.5 Å². The smallest absolute Gasteiger partial charge is 0.0651 e. The number of rotatable bonds is 11. The molecular formula is C21H42N2O5. The molecule has 0 bridgehead atoms. The number of nitrogens with zero attached hydrogens (tertiary/aromatic N) is 2. The van der Waals surface area contributed by atoms with Crippen LogP contribution in [0.2, 0.25) is 0 Å². The number of methoxy groups -OCH3 is 1. The Bertz CT molecular complexity index is 435. The lowest BCUT2D eigenvalue weighted by atomic mass is 9.96. The quantitative estimate of drug-likeness (QED) is 0.521. The third kappa shape index (κ3) is 7.86. The van der Waals surface area contributed by atoms with Crippen molar-refractivity contribution in [3.8, 4) is 0 Å². The molecule has 28 heavy (non-hydrogen) atoms. The predicted molar refractivity (Wildman–Crippen MR) is 110 cm³/mol. The summed E-state index contributed by atoms with van der Waals surface area (Å²) in [5.41, 5.74) is -0.229. The fraction of sp³-hybridized carbons (Fsp3) is 1.00. The van der Waals surface area contributed by atoms with Crippen molar-refractivity contribution < 1.29 is 23.7 Å². The van der Waals surface area contributed by atoms with Crippen molar-refractivity contribution in [2.75, 3.05) is 73.5 Å². The Kier molecular flexibility index (Phi) is 10.1. The molecule has 3 atom stereocenters. The summed E-state index contributed by atoms with van der Waals surface area (Å²) in [5, 5.41) is 0. The maximum atomic E-state index is 6.39. The van der Waals surface area contributed by atoms with Crippen LogP contribution in [0.5, 0.6) is 0 Å². The Labute approximate surface area is 171 Å². The lowest BCUT2D eigenvalue weighted by Crippen LogP contribution is -2.55. The van der Waals surface area contributed by atoms with E-state index in [2.05, 4.69) is 44.5 Å². The highest BCUT2D eigenvalue weighted by atomic mass is 16.5. The molecule has 0 N–H and O–H groups in total. The molecule has 2 rings (SSSR count). The highest BCUT2D eigenvalue weighted by Gasteiger charge is 2.34. The number of morpholine rings is 2. The predicted octanol–water partition coefficient (Wildman–Crippen LogP) is 1.64. The van der Waals surface area contributed by atoms with E-state index in [1.54, 1.807) is 7.11 Å². The van der Waals surface area contributed by atoms with Crippen molar-refractivity contribution in [1.82, 2.24) is 9.80 Å². The minimum Gasteiger partial charge on any atom is -0.383 e. The van der Waals surface area contributed by atoms with Crippen LogP contribution in [0.15, 0.2) is 0 Å². The molecule has 0 spiro atoms. The lowest BCUT2D eigenvalue weighted by molar-refractivity contribution is -0.120. The van der Waals surface area contributed by atoms with Crippen LogP contribution in [-0.4, -0.2) is 113 Å². The summed E-state index contributed by atoms with van der Waals surface area (Å²) in [6.07, 6.45) is 1.17. The van der Waals surface area contributed by atoms with Gasteiger partial charge in [-0.1, -0.05) is 0 Å². The molecule has 2 fully saturated rings. The summed E-state index contributed by atoms with van der Waals surface area (Å²) >= 11 is 0. The lowest BCUT2D eigenvalue weighted by Gasteiger charge is -2.43. The van der Waals surface area contributed by atoms with Crippen molar-refractivity contribution in [1.29, 1.82) is 0 Å². The van der Waals surface area contributed by atoms with Crippen molar-refractivity contribution in [2.45, 2.75) is 63.9 Å². The molecule has 0 aromatic carbocycles. The Morgan fingerprint density at radius 3 is 2.46 bits per heavy atom. The van der Waals surface area contributed by atoms with Crippen molar-refractivity contribution in [2.24, 2.45) is 0 Å². The van der Waals surface area contributed by atoms with Crippen LogP contribution in [0.25, 0.3) is 0 Å². The van der Waals surface area contributed by atoms with Crippen LogP contribution in [-0.2, 0) is 23.7 Å². The molecule has 0 aliphatic carbocycles. The van der Waals surface area contributed by atoms with Gasteiger partial charge in [0.15, 0.2) is 0 Å². The average molecular weight is 403 g/mol. The molecule has 0 saturated carbocycles. The zero-order chi connectivity index (χ0) is 20.6. The first kappa shape index (κ1) is 24.0. The summed E-state index contributed by atoms with van der Waals surface area (Å²) in [7, 11) is 3.93. The molecule has 0 aromatic heterocycles. The van der Waals surface area contributed by atoms with Gasteiger partial charge in [0.25, 0.3) is 0 Å². The Balaban J connectivity index is 1.82. The van der Waals surface area contributed by atoms with E-state index in [4.69, 9.17) is 23.7 Å². The van der Waals surface area contributed by atoms with Crippen LogP contribution in [0.1, 0.15) is 34.1 Å². The fourth-order valence-electron chi connectivity index (χ4n) is 3.84. The maximum Gasteiger partial charge on any atom is 0.0651 e. The monoisotopic (exact) mass is 402 g/mol. The topological polar surface area (TPSA) is 52.6 Å². The van der Waals surface area contributed by atoms with E-state index in [-0.39, 0.29) is 17.7 Å². The second kappa shape index (κ2) is 11.8. The highest BCUT2D eigenvalue weighted by molar-refractivity contribution is 4.87. The van der Waals surface area contributed by atoms with Gasteiger partial charge in [-0.2, -0.15) is 0 Å². The van der Waals surface area contributed by atoms with Crippen LogP contribution < -0.4 is 0 Å². The zero-order valence-electron chi connectivity index (χ0n) is 18.8. The second-order valence-corrected chi connectivity index (χ2v) is 8.92. The van der Waals surface area contributed by atoms with Gasteiger partial charge in [-0.25, -0.2) is 0 Å². The number of hydrogen-bond acceptors (Lipinski definition) is 7. The maximum absolute atomic E-state index is 6.39. The van der Waals surface area contributed by atoms with E-state index in [0.29, 0.717) is 25.3 Å². The largest absolute Gasteiger partial charge is 0.383 e. The number of likely N-dealkylation sites (N-methyl/N-ethyl adjacent to an activating group) is 1. The summed E-state index contributed by atoms with van der Waals surface area (Å²) in [4.78, 5) is 4.82. The molecule has 0 radical (unpaired) electrons. The molecule has 0 aromatic rings. The summed E-state index contributed by atoms with van der Waals surface area (Å²) in [6.45, 7) is 15.5. The van der Waals surface area contributed by atoms with Gasteiger partial charge in [0, 0.05) is 26.2 Å². The molecule has 2 aliphatic rings. The zero-order valence-corrected chi connectivity index (χ0v) is 18.8. The number of ether oxygens (including phenoxy) is 5. The van der Waals surface area contributed by atoms with Gasteiger partial charge in [0.2, 0.25) is 0 Å². The Morgan fingerprint density at radius 1 is 1.04 bits per heavy atom. The standard InChI is InChI=1S/C21H42N2O5/c1-17(2)27-15-19-13-26-12-18(22(19)5)11-21(3,4)28-16-20-14-25-10-8-23(20)7-9-24-6/h17-20H,7-16H2,1-6H3. The summed E-state index contributed by atoms with van der Waals surface area (Å²) < 4.78 is 29.0. The first-order valence-corrected chi connectivity index (χ1v) is 10.7. The van der Waals surface area contributed by atoms with Gasteiger partial charge in [-0.05, 0) is 41.2 Å². The van der Waals surface area contributed by atoms with Gasteiger partial charge in [0.05, 0.1) is 70.0 Å². The molecule has 166 valence electrons. The van der Waals surface area contributed by atoms with E-state index >= 15 is 0 Å². The molecule has 2 aliphatic heterocycles. The fourth-order valence-corrected chi connectivity index (χ4v) is 3.84. The van der Waals surface area contributed by atoms with Gasteiger partial charge in [0.1, 0.15) is 0 Å². The Morgan fingerprint density at radius 2 is 1.75 bits per heavy atom. The Hall–Kier alpha value is -0.280. The van der Waals surface area contributed by atoms with Gasteiger partial charge in [-0.15, -0.1) is 0 Å². The van der Waals surface area contributed by atoms with E-state index < -0.39 is 0 Å². The molecule has 7 heteroatoms. The van der Waals surface area contributed by atoms with E-state index in [1.165, 1.54) is 0 Å². The van der Waals surface area contributed by atoms with Crippen LogP contribution in [0.3, 0.4) is 0 Å². The molecule has 2 heterocycles. The van der Waals surface area contributed by atoms with Gasteiger partial charge < -0.3 is 23.7 Å². The number of hydrogen-bond donors (Lipinski definition) is 0. The molecule has 0 amide bonds.